The molecule has 1 atom stereocenters. The Balaban J connectivity index is 1.45. The zero-order chi connectivity index (χ0) is 28.9. The number of hydrazone groups is 1. The van der Waals surface area contributed by atoms with Crippen LogP contribution in [0.3, 0.4) is 0 Å². The molecule has 1 heterocycles. The number of halogens is 1. The molecule has 0 saturated carbocycles. The molecule has 5 aromatic carbocycles. The molecule has 42 heavy (non-hydrogen) atoms. The van der Waals surface area contributed by atoms with Crippen LogP contribution in [0.2, 0.25) is 0 Å². The number of para-hydroxylation sites is 1. The smallest absolute Gasteiger partial charge is 0.195 e. The number of fused-ring (bicyclic) bond motifs is 1. The van der Waals surface area contributed by atoms with Crippen LogP contribution in [0.5, 0.6) is 5.06 Å². The molecule has 0 radical (unpaired) electrons. The highest BCUT2D eigenvalue weighted by atomic mass is 79.9. The van der Waals surface area contributed by atoms with Crippen LogP contribution in [0.1, 0.15) is 29.0 Å². The van der Waals surface area contributed by atoms with E-state index in [0.29, 0.717) is 17.4 Å². The monoisotopic (exact) mass is 630 g/mol. The van der Waals surface area contributed by atoms with Gasteiger partial charge in [-0.25, -0.2) is 0 Å². The fraction of sp³-hybridized carbons (Fsp3) is 0.0556. The third kappa shape index (κ3) is 6.05. The van der Waals surface area contributed by atoms with E-state index in [9.17, 15) is 9.90 Å². The molecule has 4 nitrogen and oxygen atoms in total. The first-order valence-corrected chi connectivity index (χ1v) is 15.2. The highest BCUT2D eigenvalue weighted by Crippen LogP contribution is 2.38. The van der Waals surface area contributed by atoms with Gasteiger partial charge in [0.15, 0.2) is 10.5 Å². The zero-order valence-corrected chi connectivity index (χ0v) is 25.0. The van der Waals surface area contributed by atoms with Gasteiger partial charge in [-0.1, -0.05) is 124 Å². The first-order valence-electron chi connectivity index (χ1n) is 13.6. The van der Waals surface area contributed by atoms with Gasteiger partial charge in [-0.3, -0.25) is 10.2 Å². The summed E-state index contributed by atoms with van der Waals surface area (Å²) in [4.78, 5) is 13.9. The Labute approximate surface area is 256 Å². The lowest BCUT2D eigenvalue weighted by atomic mass is 9.85. The van der Waals surface area contributed by atoms with Crippen molar-refractivity contribution >= 4 is 48.8 Å². The third-order valence-electron chi connectivity index (χ3n) is 7.25. The second-order valence-electron chi connectivity index (χ2n) is 9.93. The molecule has 0 amide bonds. The van der Waals surface area contributed by atoms with Gasteiger partial charge < -0.3 is 5.11 Å². The Kier molecular flexibility index (Phi) is 8.26. The van der Waals surface area contributed by atoms with Crippen molar-refractivity contribution in [1.29, 1.82) is 0 Å². The van der Waals surface area contributed by atoms with Gasteiger partial charge in [0.1, 0.15) is 0 Å². The van der Waals surface area contributed by atoms with Crippen LogP contribution in [0.4, 0.5) is 5.69 Å². The summed E-state index contributed by atoms with van der Waals surface area (Å²) in [6, 6.07) is 43.6. The van der Waals surface area contributed by atoms with E-state index < -0.39 is 5.92 Å². The van der Waals surface area contributed by atoms with Crippen LogP contribution in [0.15, 0.2) is 148 Å². The van der Waals surface area contributed by atoms with Crippen LogP contribution in [-0.4, -0.2) is 10.8 Å². The van der Waals surface area contributed by atoms with Gasteiger partial charge in [-0.05, 0) is 58.7 Å². The van der Waals surface area contributed by atoms with E-state index in [1.54, 1.807) is 0 Å². The highest BCUT2D eigenvalue weighted by molar-refractivity contribution is 9.10. The second-order valence-corrected chi connectivity index (χ2v) is 11.9. The Morgan fingerprint density at radius 1 is 0.762 bits per heavy atom. The molecule has 0 unspecified atom stereocenters. The van der Waals surface area contributed by atoms with Gasteiger partial charge in [-0.2, -0.15) is 5.10 Å². The number of rotatable bonds is 8. The predicted molar refractivity (Wildman–Crippen MR) is 179 cm³/mol. The maximum Gasteiger partial charge on any atom is 0.195 e. The molecule has 0 bridgehead atoms. The van der Waals surface area contributed by atoms with Gasteiger partial charge in [0.2, 0.25) is 0 Å². The maximum atomic E-state index is 13.9. The normalized spacial score (nSPS) is 12.3. The molecule has 0 spiro atoms. The number of hydrogen-bond acceptors (Lipinski definition) is 5. The molecule has 2 N–H and O–H groups in total. The van der Waals surface area contributed by atoms with Gasteiger partial charge in [0.25, 0.3) is 0 Å². The van der Waals surface area contributed by atoms with Gasteiger partial charge in [0.05, 0.1) is 17.0 Å². The topological polar surface area (TPSA) is 61.7 Å². The molecule has 0 aliphatic rings. The van der Waals surface area contributed by atoms with E-state index in [1.807, 2.05) is 97.1 Å². The number of nitrogens with zero attached hydrogens (tertiary/aromatic N) is 1. The molecular weight excluding hydrogens is 604 g/mol. The molecule has 6 rings (SSSR count). The minimum absolute atomic E-state index is 0.0357. The number of aromatic hydroxyl groups is 1. The predicted octanol–water partition coefficient (Wildman–Crippen LogP) is 9.43. The van der Waals surface area contributed by atoms with Crippen molar-refractivity contribution in [2.75, 3.05) is 5.43 Å². The van der Waals surface area contributed by atoms with Crippen LogP contribution in [-0.2, 0) is 0 Å². The number of hydrogen-bond donors (Lipinski definition) is 2. The van der Waals surface area contributed by atoms with Crippen molar-refractivity contribution in [2.45, 2.75) is 12.3 Å². The molecule has 6 heteroatoms. The van der Waals surface area contributed by atoms with Gasteiger partial charge in [0, 0.05) is 26.9 Å². The molecule has 1 aromatic heterocycles. The molecular formula is C36H27BrN2O2S. The van der Waals surface area contributed by atoms with Crippen molar-refractivity contribution in [3.05, 3.63) is 165 Å². The van der Waals surface area contributed by atoms with Crippen molar-refractivity contribution in [2.24, 2.45) is 5.10 Å². The van der Waals surface area contributed by atoms with E-state index in [0.717, 1.165) is 42.8 Å². The Morgan fingerprint density at radius 3 is 2.05 bits per heavy atom. The zero-order valence-electron chi connectivity index (χ0n) is 22.6. The summed E-state index contributed by atoms with van der Waals surface area (Å²) in [5.74, 6) is -0.415. The number of nitrogens with one attached hydrogen (secondary N) is 1. The first kappa shape index (κ1) is 27.6. The average Bonchev–Trinajstić information content (AvgIpc) is 3.03. The van der Waals surface area contributed by atoms with E-state index in [-0.39, 0.29) is 10.5 Å². The fourth-order valence-electron chi connectivity index (χ4n) is 5.09. The standard InChI is InChI=1S/C36H27BrN2O2S/c37-28-21-19-25(20-22-28)24-15-17-27(18-16-24)32(39-38-29-11-5-2-6-12-29)23-31(26-9-3-1-4-10-26)34-35(40)30-13-7-8-14-33(30)42-36(34)41/h1-22,31,38,41H,23H2/b39-32+/t31-/m1/s1. The minimum Gasteiger partial charge on any atom is -0.499 e. The molecule has 0 aliphatic carbocycles. The van der Waals surface area contributed by atoms with Crippen LogP contribution < -0.4 is 10.9 Å². The summed E-state index contributed by atoms with van der Waals surface area (Å²) < 4.78 is 1.80. The summed E-state index contributed by atoms with van der Waals surface area (Å²) in [5, 5.41) is 16.8. The third-order valence-corrected chi connectivity index (χ3v) is 8.77. The Bertz CT molecular complexity index is 1900. The summed E-state index contributed by atoms with van der Waals surface area (Å²) in [7, 11) is 0. The lowest BCUT2D eigenvalue weighted by Gasteiger charge is -2.20. The van der Waals surface area contributed by atoms with Crippen molar-refractivity contribution in [3.63, 3.8) is 0 Å². The summed E-state index contributed by atoms with van der Waals surface area (Å²) in [6.07, 6.45) is 0.398. The highest BCUT2D eigenvalue weighted by Gasteiger charge is 2.26. The largest absolute Gasteiger partial charge is 0.499 e. The van der Waals surface area contributed by atoms with Crippen LogP contribution >= 0.6 is 27.3 Å². The summed E-state index contributed by atoms with van der Waals surface area (Å²) in [6.45, 7) is 0. The van der Waals surface area contributed by atoms with Crippen molar-refractivity contribution in [3.8, 4) is 16.2 Å². The van der Waals surface area contributed by atoms with Gasteiger partial charge >= 0.3 is 0 Å². The number of anilines is 1. The molecule has 0 fully saturated rings. The SMILES string of the molecule is O=c1c([C@H](C/C(=N\Nc2ccccc2)c2ccc(-c3ccc(Br)cc3)cc2)c2ccccc2)c(O)sc2ccccc12. The second kappa shape index (κ2) is 12.6. The van der Waals surface area contributed by atoms with E-state index in [2.05, 4.69) is 57.8 Å². The quantitative estimate of drug-likeness (QED) is 0.130. The van der Waals surface area contributed by atoms with Crippen molar-refractivity contribution in [1.82, 2.24) is 0 Å². The lowest BCUT2D eigenvalue weighted by Crippen LogP contribution is -2.18. The maximum absolute atomic E-state index is 13.9. The van der Waals surface area contributed by atoms with Crippen LogP contribution in [0.25, 0.3) is 21.2 Å². The lowest BCUT2D eigenvalue weighted by molar-refractivity contribution is 0.480. The van der Waals surface area contributed by atoms with Gasteiger partial charge in [-0.15, -0.1) is 0 Å². The average molecular weight is 632 g/mol. The molecule has 0 saturated heterocycles. The van der Waals surface area contributed by atoms with E-state index >= 15 is 0 Å². The number of benzene rings is 5. The fourth-order valence-corrected chi connectivity index (χ4v) is 6.32. The van der Waals surface area contributed by atoms with E-state index in [1.165, 1.54) is 11.3 Å². The molecule has 6 aromatic rings. The minimum atomic E-state index is -0.415. The van der Waals surface area contributed by atoms with Crippen molar-refractivity contribution < 1.29 is 5.11 Å². The Morgan fingerprint density at radius 2 is 1.36 bits per heavy atom. The molecule has 206 valence electrons. The van der Waals surface area contributed by atoms with E-state index in [4.69, 9.17) is 5.10 Å². The summed E-state index contributed by atoms with van der Waals surface area (Å²) >= 11 is 4.74. The van der Waals surface area contributed by atoms with Crippen LogP contribution in [0, 0.1) is 0 Å². The summed E-state index contributed by atoms with van der Waals surface area (Å²) in [5.41, 5.74) is 9.15. The first-order chi connectivity index (χ1) is 20.6. The molecule has 0 aliphatic heterocycles. The Hall–Kier alpha value is -4.52.